The molecule has 1 fully saturated rings. The molecule has 1 saturated carbocycles. The molecule has 6 nitrogen and oxygen atoms in total. The first-order chi connectivity index (χ1) is 11.4. The van der Waals surface area contributed by atoms with Gasteiger partial charge in [-0.15, -0.1) is 0 Å². The number of unbranched alkanes of at least 4 members (excludes halogenated alkanes) is 1. The summed E-state index contributed by atoms with van der Waals surface area (Å²) in [6.07, 6.45) is 3.14. The van der Waals surface area contributed by atoms with Crippen molar-refractivity contribution in [3.05, 3.63) is 24.3 Å². The average Bonchev–Trinajstić information content (AvgIpc) is 3.35. The number of amides is 3. The highest BCUT2D eigenvalue weighted by Crippen LogP contribution is 2.48. The summed E-state index contributed by atoms with van der Waals surface area (Å²) in [7, 11) is 1.76. The third-order valence-electron chi connectivity index (χ3n) is 4.25. The Labute approximate surface area is 142 Å². The van der Waals surface area contributed by atoms with E-state index < -0.39 is 5.41 Å². The van der Waals surface area contributed by atoms with Gasteiger partial charge in [0, 0.05) is 31.9 Å². The van der Waals surface area contributed by atoms with Crippen molar-refractivity contribution in [3.8, 4) is 0 Å². The molecule has 3 amide bonds. The fraction of sp³-hybridized carbons (Fsp3) is 0.500. The van der Waals surface area contributed by atoms with Gasteiger partial charge in [-0.2, -0.15) is 0 Å². The van der Waals surface area contributed by atoms with E-state index in [1.165, 1.54) is 6.92 Å². The molecule has 0 aliphatic heterocycles. The monoisotopic (exact) mass is 331 g/mol. The van der Waals surface area contributed by atoms with Gasteiger partial charge in [0.1, 0.15) is 5.41 Å². The SMILES string of the molecule is CCCCN(C)C(=O)C1(C(=O)Nc2ccc(NC(C)=O)cc2)CC1. The number of hydrogen-bond acceptors (Lipinski definition) is 3. The largest absolute Gasteiger partial charge is 0.345 e. The highest BCUT2D eigenvalue weighted by molar-refractivity contribution is 6.13. The molecule has 1 aliphatic rings. The second kappa shape index (κ2) is 7.47. The number of benzene rings is 1. The van der Waals surface area contributed by atoms with Gasteiger partial charge in [0.15, 0.2) is 0 Å². The van der Waals surface area contributed by atoms with Gasteiger partial charge in [0.2, 0.25) is 17.7 Å². The minimum Gasteiger partial charge on any atom is -0.345 e. The van der Waals surface area contributed by atoms with Crippen LogP contribution in [-0.4, -0.2) is 36.2 Å². The Balaban J connectivity index is 1.98. The number of carbonyl (C=O) groups excluding carboxylic acids is 3. The van der Waals surface area contributed by atoms with Crippen molar-refractivity contribution in [2.75, 3.05) is 24.2 Å². The summed E-state index contributed by atoms with van der Waals surface area (Å²) in [6.45, 7) is 4.19. The molecular weight excluding hydrogens is 306 g/mol. The van der Waals surface area contributed by atoms with Crippen LogP contribution in [0.3, 0.4) is 0 Å². The Morgan fingerprint density at radius 2 is 1.62 bits per heavy atom. The van der Waals surface area contributed by atoms with Crippen LogP contribution in [0.4, 0.5) is 11.4 Å². The molecule has 1 aliphatic carbocycles. The van der Waals surface area contributed by atoms with Crippen LogP contribution in [0, 0.1) is 5.41 Å². The normalized spacial score (nSPS) is 14.6. The van der Waals surface area contributed by atoms with Crippen LogP contribution < -0.4 is 10.6 Å². The summed E-state index contributed by atoms with van der Waals surface area (Å²) in [5.74, 6) is -0.490. The summed E-state index contributed by atoms with van der Waals surface area (Å²) >= 11 is 0. The third kappa shape index (κ3) is 4.13. The first-order valence-electron chi connectivity index (χ1n) is 8.34. The molecule has 24 heavy (non-hydrogen) atoms. The summed E-state index contributed by atoms with van der Waals surface area (Å²) in [5.41, 5.74) is 0.375. The van der Waals surface area contributed by atoms with E-state index in [1.807, 2.05) is 0 Å². The fourth-order valence-electron chi connectivity index (χ4n) is 2.62. The lowest BCUT2D eigenvalue weighted by atomic mass is 10.0. The first kappa shape index (κ1) is 18.0. The van der Waals surface area contributed by atoms with E-state index >= 15 is 0 Å². The van der Waals surface area contributed by atoms with Gasteiger partial charge in [-0.05, 0) is 43.5 Å². The van der Waals surface area contributed by atoms with Gasteiger partial charge in [0.05, 0.1) is 0 Å². The van der Waals surface area contributed by atoms with E-state index in [2.05, 4.69) is 17.6 Å². The molecular formula is C18H25N3O3. The van der Waals surface area contributed by atoms with E-state index in [0.29, 0.717) is 30.8 Å². The van der Waals surface area contributed by atoms with Crippen molar-refractivity contribution >= 4 is 29.1 Å². The van der Waals surface area contributed by atoms with Crippen molar-refractivity contribution in [1.29, 1.82) is 0 Å². The second-order valence-corrected chi connectivity index (χ2v) is 6.38. The second-order valence-electron chi connectivity index (χ2n) is 6.38. The maximum atomic E-state index is 12.6. The average molecular weight is 331 g/mol. The molecule has 6 heteroatoms. The number of nitrogens with zero attached hydrogens (tertiary/aromatic N) is 1. The van der Waals surface area contributed by atoms with Crippen LogP contribution in [0.15, 0.2) is 24.3 Å². The van der Waals surface area contributed by atoms with Gasteiger partial charge in [-0.1, -0.05) is 13.3 Å². The van der Waals surface area contributed by atoms with Crippen LogP contribution in [0.1, 0.15) is 39.5 Å². The number of nitrogens with one attached hydrogen (secondary N) is 2. The van der Waals surface area contributed by atoms with E-state index in [9.17, 15) is 14.4 Å². The quantitative estimate of drug-likeness (QED) is 0.754. The summed E-state index contributed by atoms with van der Waals surface area (Å²) in [5, 5.41) is 5.49. The molecule has 0 unspecified atom stereocenters. The lowest BCUT2D eigenvalue weighted by Crippen LogP contribution is -2.41. The number of rotatable bonds is 7. The van der Waals surface area contributed by atoms with Gasteiger partial charge in [0.25, 0.3) is 0 Å². The highest BCUT2D eigenvalue weighted by Gasteiger charge is 2.57. The van der Waals surface area contributed by atoms with Gasteiger partial charge < -0.3 is 15.5 Å². The Morgan fingerprint density at radius 1 is 1.08 bits per heavy atom. The number of carbonyl (C=O) groups is 3. The van der Waals surface area contributed by atoms with E-state index in [4.69, 9.17) is 0 Å². The van der Waals surface area contributed by atoms with E-state index in [0.717, 1.165) is 12.8 Å². The molecule has 2 N–H and O–H groups in total. The maximum absolute atomic E-state index is 12.6. The molecule has 0 aromatic heterocycles. The van der Waals surface area contributed by atoms with Crippen molar-refractivity contribution in [1.82, 2.24) is 4.90 Å². The molecule has 0 saturated heterocycles. The van der Waals surface area contributed by atoms with Gasteiger partial charge in [-0.25, -0.2) is 0 Å². The predicted molar refractivity (Wildman–Crippen MR) is 93.6 cm³/mol. The molecule has 2 rings (SSSR count). The lowest BCUT2D eigenvalue weighted by molar-refractivity contribution is -0.141. The smallest absolute Gasteiger partial charge is 0.240 e. The predicted octanol–water partition coefficient (Wildman–Crippen LogP) is 2.62. The standard InChI is InChI=1S/C18H25N3O3/c1-4-5-12-21(3)17(24)18(10-11-18)16(23)20-15-8-6-14(7-9-15)19-13(2)22/h6-9H,4-5,10-12H2,1-3H3,(H,19,22)(H,20,23). The van der Waals surface area contributed by atoms with Crippen LogP contribution in [0.2, 0.25) is 0 Å². The Kier molecular flexibility index (Phi) is 5.59. The summed E-state index contributed by atoms with van der Waals surface area (Å²) in [6, 6.07) is 6.85. The van der Waals surface area contributed by atoms with Crippen LogP contribution in [0.5, 0.6) is 0 Å². The zero-order chi connectivity index (χ0) is 17.7. The van der Waals surface area contributed by atoms with Crippen molar-refractivity contribution in [2.24, 2.45) is 5.41 Å². The Bertz CT molecular complexity index is 621. The van der Waals surface area contributed by atoms with Crippen LogP contribution in [0.25, 0.3) is 0 Å². The molecule has 0 heterocycles. The van der Waals surface area contributed by atoms with Crippen LogP contribution in [-0.2, 0) is 14.4 Å². The number of hydrogen-bond donors (Lipinski definition) is 2. The lowest BCUT2D eigenvalue weighted by Gasteiger charge is -2.23. The molecule has 0 atom stereocenters. The molecule has 0 spiro atoms. The third-order valence-corrected chi connectivity index (χ3v) is 4.25. The molecule has 0 bridgehead atoms. The summed E-state index contributed by atoms with van der Waals surface area (Å²) in [4.78, 5) is 37.8. The molecule has 0 radical (unpaired) electrons. The van der Waals surface area contributed by atoms with Crippen molar-refractivity contribution in [3.63, 3.8) is 0 Å². The zero-order valence-corrected chi connectivity index (χ0v) is 14.5. The topological polar surface area (TPSA) is 78.5 Å². The zero-order valence-electron chi connectivity index (χ0n) is 14.5. The Morgan fingerprint density at radius 3 is 2.08 bits per heavy atom. The molecule has 130 valence electrons. The summed E-state index contributed by atoms with van der Waals surface area (Å²) < 4.78 is 0. The number of anilines is 2. The highest BCUT2D eigenvalue weighted by atomic mass is 16.2. The Hall–Kier alpha value is -2.37. The first-order valence-corrected chi connectivity index (χ1v) is 8.34. The minimum atomic E-state index is -0.904. The maximum Gasteiger partial charge on any atom is 0.240 e. The van der Waals surface area contributed by atoms with Gasteiger partial charge >= 0.3 is 0 Å². The van der Waals surface area contributed by atoms with Crippen molar-refractivity contribution in [2.45, 2.75) is 39.5 Å². The van der Waals surface area contributed by atoms with Crippen molar-refractivity contribution < 1.29 is 14.4 Å². The van der Waals surface area contributed by atoms with E-state index in [1.54, 1.807) is 36.2 Å². The minimum absolute atomic E-state index is 0.0942. The molecule has 1 aromatic carbocycles. The van der Waals surface area contributed by atoms with E-state index in [-0.39, 0.29) is 17.7 Å². The van der Waals surface area contributed by atoms with Crippen LogP contribution >= 0.6 is 0 Å². The fourth-order valence-corrected chi connectivity index (χ4v) is 2.62. The van der Waals surface area contributed by atoms with Gasteiger partial charge in [-0.3, -0.25) is 14.4 Å². The molecule has 1 aromatic rings.